The molecule has 148 valence electrons. The Bertz CT molecular complexity index is 1140. The van der Waals surface area contributed by atoms with Gasteiger partial charge in [0, 0.05) is 15.8 Å². The molecular formula is C20H16BrN3O3S2. The topological polar surface area (TPSA) is 87.3 Å². The number of nitrogens with one attached hydrogen (secondary N) is 3. The Hall–Kier alpha value is -2.75. The summed E-state index contributed by atoms with van der Waals surface area (Å²) in [5.41, 5.74) is 1.47. The molecular weight excluding hydrogens is 474 g/mol. The first-order valence-electron chi connectivity index (χ1n) is 8.40. The van der Waals surface area contributed by atoms with Crippen LogP contribution in [0.1, 0.15) is 10.4 Å². The van der Waals surface area contributed by atoms with Gasteiger partial charge in [-0.3, -0.25) is 14.8 Å². The molecule has 9 heteroatoms. The lowest BCUT2D eigenvalue weighted by Crippen LogP contribution is -2.34. The van der Waals surface area contributed by atoms with Gasteiger partial charge in [0.15, 0.2) is 5.11 Å². The lowest BCUT2D eigenvalue weighted by molar-refractivity contribution is 0.0977. The Labute approximate surface area is 182 Å². The van der Waals surface area contributed by atoms with Crippen LogP contribution in [0.2, 0.25) is 0 Å². The molecule has 3 aromatic carbocycles. The maximum atomic E-state index is 12.5. The maximum absolute atomic E-state index is 12.5. The van der Waals surface area contributed by atoms with Gasteiger partial charge in [-0.1, -0.05) is 30.3 Å². The molecule has 0 atom stereocenters. The van der Waals surface area contributed by atoms with Crippen molar-refractivity contribution in [3.63, 3.8) is 0 Å². The third-order valence-corrected chi connectivity index (χ3v) is 6.09. The zero-order valence-electron chi connectivity index (χ0n) is 14.9. The van der Waals surface area contributed by atoms with E-state index in [9.17, 15) is 13.2 Å². The summed E-state index contributed by atoms with van der Waals surface area (Å²) in [6, 6.07) is 21.6. The fraction of sp³-hybridized carbons (Fsp3) is 0. The molecule has 3 N–H and O–H groups in total. The van der Waals surface area contributed by atoms with Crippen LogP contribution >= 0.6 is 28.1 Å². The summed E-state index contributed by atoms with van der Waals surface area (Å²) < 4.78 is 28.1. The predicted molar refractivity (Wildman–Crippen MR) is 122 cm³/mol. The third kappa shape index (κ3) is 5.63. The van der Waals surface area contributed by atoms with Crippen LogP contribution in [0.25, 0.3) is 0 Å². The molecule has 29 heavy (non-hydrogen) atoms. The first kappa shape index (κ1) is 21.0. The molecule has 0 aliphatic carbocycles. The number of hydrogen-bond acceptors (Lipinski definition) is 4. The fourth-order valence-electron chi connectivity index (χ4n) is 2.42. The van der Waals surface area contributed by atoms with Gasteiger partial charge in [-0.25, -0.2) is 8.42 Å². The zero-order chi connectivity index (χ0) is 20.9. The average Bonchev–Trinajstić information content (AvgIpc) is 2.69. The second kappa shape index (κ2) is 9.17. The van der Waals surface area contributed by atoms with E-state index in [-0.39, 0.29) is 15.9 Å². The SMILES string of the molecule is O=C(NC(=S)Nc1ccc(S(=O)(=O)Nc2ccccc2)cc1)c1ccccc1Br. The van der Waals surface area contributed by atoms with Crippen LogP contribution in [0.5, 0.6) is 0 Å². The fourth-order valence-corrected chi connectivity index (χ4v) is 4.15. The number of rotatable bonds is 5. The highest BCUT2D eigenvalue weighted by Crippen LogP contribution is 2.18. The van der Waals surface area contributed by atoms with Crippen molar-refractivity contribution in [3.05, 3.63) is 88.9 Å². The van der Waals surface area contributed by atoms with Crippen LogP contribution in [0.3, 0.4) is 0 Å². The maximum Gasteiger partial charge on any atom is 0.261 e. The number of amides is 1. The van der Waals surface area contributed by atoms with Crippen LogP contribution < -0.4 is 15.4 Å². The van der Waals surface area contributed by atoms with Crippen molar-refractivity contribution in [3.8, 4) is 0 Å². The summed E-state index contributed by atoms with van der Waals surface area (Å²) in [5.74, 6) is -0.360. The number of carbonyl (C=O) groups is 1. The van der Waals surface area contributed by atoms with E-state index in [4.69, 9.17) is 12.2 Å². The number of carbonyl (C=O) groups excluding carboxylic acids is 1. The van der Waals surface area contributed by atoms with Crippen LogP contribution in [0.15, 0.2) is 88.2 Å². The van der Waals surface area contributed by atoms with Crippen LogP contribution in [-0.2, 0) is 10.0 Å². The number of thiocarbonyl (C=S) groups is 1. The number of halogens is 1. The average molecular weight is 490 g/mol. The molecule has 0 aromatic heterocycles. The molecule has 0 heterocycles. The Morgan fingerprint density at radius 2 is 1.45 bits per heavy atom. The Morgan fingerprint density at radius 1 is 0.828 bits per heavy atom. The van der Waals surface area contributed by atoms with Gasteiger partial charge >= 0.3 is 0 Å². The van der Waals surface area contributed by atoms with Crippen molar-refractivity contribution < 1.29 is 13.2 Å². The van der Waals surface area contributed by atoms with Gasteiger partial charge in [0.25, 0.3) is 15.9 Å². The predicted octanol–water partition coefficient (Wildman–Crippen LogP) is 4.38. The lowest BCUT2D eigenvalue weighted by Gasteiger charge is -2.12. The lowest BCUT2D eigenvalue weighted by atomic mass is 10.2. The normalized spacial score (nSPS) is 10.8. The summed E-state index contributed by atoms with van der Waals surface area (Å²) in [4.78, 5) is 12.4. The number of anilines is 2. The molecule has 0 aliphatic heterocycles. The summed E-state index contributed by atoms with van der Waals surface area (Å²) >= 11 is 8.48. The molecule has 0 radical (unpaired) electrons. The molecule has 3 rings (SSSR count). The first-order valence-corrected chi connectivity index (χ1v) is 11.1. The molecule has 0 spiro atoms. The van der Waals surface area contributed by atoms with Gasteiger partial charge in [-0.05, 0) is 76.7 Å². The minimum absolute atomic E-state index is 0.101. The van der Waals surface area contributed by atoms with Crippen molar-refractivity contribution in [1.29, 1.82) is 0 Å². The molecule has 0 bridgehead atoms. The minimum atomic E-state index is -3.70. The van der Waals surface area contributed by atoms with Crippen molar-refractivity contribution in [2.24, 2.45) is 0 Å². The smallest absolute Gasteiger partial charge is 0.261 e. The molecule has 0 saturated carbocycles. The summed E-state index contributed by atoms with van der Waals surface area (Å²) in [7, 11) is -3.70. The second-order valence-electron chi connectivity index (χ2n) is 5.88. The molecule has 0 unspecified atom stereocenters. The van der Waals surface area contributed by atoms with Crippen LogP contribution in [-0.4, -0.2) is 19.4 Å². The van der Waals surface area contributed by atoms with E-state index in [1.54, 1.807) is 66.7 Å². The minimum Gasteiger partial charge on any atom is -0.332 e. The zero-order valence-corrected chi connectivity index (χ0v) is 18.1. The largest absolute Gasteiger partial charge is 0.332 e. The summed E-state index contributed by atoms with van der Waals surface area (Å²) in [5, 5.41) is 5.54. The Balaban J connectivity index is 1.63. The summed E-state index contributed by atoms with van der Waals surface area (Å²) in [6.45, 7) is 0. The Kier molecular flexibility index (Phi) is 6.63. The number of para-hydroxylation sites is 1. The standard InChI is InChI=1S/C20H16BrN3O3S2/c21-18-9-5-4-8-17(18)19(25)23-20(28)22-14-10-12-16(13-11-14)29(26,27)24-15-6-2-1-3-7-15/h1-13,24H,(H2,22,23,25,28). The van der Waals surface area contributed by atoms with Gasteiger partial charge in [0.2, 0.25) is 0 Å². The van der Waals surface area contributed by atoms with E-state index in [2.05, 4.69) is 31.3 Å². The highest BCUT2D eigenvalue weighted by molar-refractivity contribution is 9.10. The second-order valence-corrected chi connectivity index (χ2v) is 8.83. The Morgan fingerprint density at radius 3 is 2.10 bits per heavy atom. The van der Waals surface area contributed by atoms with Gasteiger partial charge < -0.3 is 5.32 Å². The summed E-state index contributed by atoms with van der Waals surface area (Å²) in [6.07, 6.45) is 0. The number of sulfonamides is 1. The van der Waals surface area contributed by atoms with Gasteiger partial charge in [-0.15, -0.1) is 0 Å². The van der Waals surface area contributed by atoms with Crippen molar-refractivity contribution in [1.82, 2.24) is 5.32 Å². The molecule has 0 aliphatic rings. The van der Waals surface area contributed by atoms with Crippen LogP contribution in [0.4, 0.5) is 11.4 Å². The number of benzene rings is 3. The molecule has 0 saturated heterocycles. The highest BCUT2D eigenvalue weighted by Gasteiger charge is 2.15. The van der Waals surface area contributed by atoms with E-state index in [0.29, 0.717) is 21.4 Å². The highest BCUT2D eigenvalue weighted by atomic mass is 79.9. The quantitative estimate of drug-likeness (QED) is 0.463. The van der Waals surface area contributed by atoms with Crippen molar-refractivity contribution >= 4 is 60.6 Å². The first-order chi connectivity index (χ1) is 13.8. The molecule has 6 nitrogen and oxygen atoms in total. The molecule has 3 aromatic rings. The van der Waals surface area contributed by atoms with E-state index >= 15 is 0 Å². The van der Waals surface area contributed by atoms with E-state index in [1.165, 1.54) is 12.1 Å². The van der Waals surface area contributed by atoms with Crippen LogP contribution in [0, 0.1) is 0 Å². The van der Waals surface area contributed by atoms with Gasteiger partial charge in [-0.2, -0.15) is 0 Å². The van der Waals surface area contributed by atoms with Gasteiger partial charge in [0.1, 0.15) is 0 Å². The monoisotopic (exact) mass is 489 g/mol. The van der Waals surface area contributed by atoms with Gasteiger partial charge in [0.05, 0.1) is 10.5 Å². The molecule has 1 amide bonds. The molecule has 0 fully saturated rings. The third-order valence-electron chi connectivity index (χ3n) is 3.79. The number of hydrogen-bond donors (Lipinski definition) is 3. The van der Waals surface area contributed by atoms with Crippen molar-refractivity contribution in [2.75, 3.05) is 10.0 Å². The van der Waals surface area contributed by atoms with E-state index in [1.807, 2.05) is 0 Å². The van der Waals surface area contributed by atoms with E-state index in [0.717, 1.165) is 0 Å². The van der Waals surface area contributed by atoms with Crippen molar-refractivity contribution in [2.45, 2.75) is 4.90 Å². The van der Waals surface area contributed by atoms with E-state index < -0.39 is 10.0 Å².